The van der Waals surface area contributed by atoms with Gasteiger partial charge in [0.05, 0.1) is 21.3 Å². The fourth-order valence-corrected chi connectivity index (χ4v) is 1.96. The van der Waals surface area contributed by atoms with E-state index in [-0.39, 0.29) is 6.61 Å². The number of nitriles is 1. The Balaban J connectivity index is 2.25. The highest BCUT2D eigenvalue weighted by atomic mass is 16.5. The first-order valence-electron chi connectivity index (χ1n) is 6.50. The highest BCUT2D eigenvalue weighted by molar-refractivity contribution is 5.53. The van der Waals surface area contributed by atoms with Crippen LogP contribution in [-0.2, 0) is 6.61 Å². The molecular formula is C16H16N2O4. The summed E-state index contributed by atoms with van der Waals surface area (Å²) in [6, 6.07) is 8.95. The van der Waals surface area contributed by atoms with Gasteiger partial charge in [0.15, 0.2) is 11.5 Å². The summed E-state index contributed by atoms with van der Waals surface area (Å²) < 4.78 is 21.4. The van der Waals surface area contributed by atoms with Gasteiger partial charge in [-0.3, -0.25) is 0 Å². The number of nitrogens with zero attached hydrogens (tertiary/aromatic N) is 2. The van der Waals surface area contributed by atoms with Crippen molar-refractivity contribution in [3.05, 3.63) is 41.6 Å². The molecule has 0 aliphatic carbocycles. The van der Waals surface area contributed by atoms with Crippen LogP contribution < -0.4 is 18.9 Å². The van der Waals surface area contributed by atoms with E-state index < -0.39 is 0 Å². The number of ether oxygens (including phenoxy) is 4. The fourth-order valence-electron chi connectivity index (χ4n) is 1.96. The molecule has 22 heavy (non-hydrogen) atoms. The van der Waals surface area contributed by atoms with Crippen LogP contribution in [0.4, 0.5) is 0 Å². The second-order valence-electron chi connectivity index (χ2n) is 4.29. The molecule has 0 radical (unpaired) electrons. The molecule has 114 valence electrons. The Kier molecular flexibility index (Phi) is 5.04. The van der Waals surface area contributed by atoms with Gasteiger partial charge in [-0.05, 0) is 29.8 Å². The van der Waals surface area contributed by atoms with Crippen molar-refractivity contribution >= 4 is 0 Å². The first kappa shape index (κ1) is 15.4. The first-order valence-corrected chi connectivity index (χ1v) is 6.50. The summed E-state index contributed by atoms with van der Waals surface area (Å²) in [4.78, 5) is 4.05. The Morgan fingerprint density at radius 3 is 2.32 bits per heavy atom. The lowest BCUT2D eigenvalue weighted by Crippen LogP contribution is -2.02. The van der Waals surface area contributed by atoms with E-state index in [1.807, 2.05) is 6.07 Å². The molecular weight excluding hydrogens is 284 g/mol. The Morgan fingerprint density at radius 2 is 1.77 bits per heavy atom. The second-order valence-corrected chi connectivity index (χ2v) is 4.29. The van der Waals surface area contributed by atoms with Crippen molar-refractivity contribution in [1.29, 1.82) is 5.26 Å². The van der Waals surface area contributed by atoms with Crippen molar-refractivity contribution in [2.45, 2.75) is 6.61 Å². The molecule has 0 aliphatic rings. The van der Waals surface area contributed by atoms with Gasteiger partial charge in [0.2, 0.25) is 11.6 Å². The average Bonchev–Trinajstić information content (AvgIpc) is 2.58. The molecule has 6 nitrogen and oxygen atoms in total. The van der Waals surface area contributed by atoms with Crippen molar-refractivity contribution in [2.75, 3.05) is 21.3 Å². The van der Waals surface area contributed by atoms with Crippen LogP contribution in [0.2, 0.25) is 0 Å². The molecule has 0 N–H and O–H groups in total. The van der Waals surface area contributed by atoms with E-state index in [2.05, 4.69) is 4.98 Å². The predicted molar refractivity (Wildman–Crippen MR) is 79.4 cm³/mol. The summed E-state index contributed by atoms with van der Waals surface area (Å²) in [5, 5.41) is 9.02. The Hall–Kier alpha value is -2.94. The van der Waals surface area contributed by atoms with Gasteiger partial charge in [0.25, 0.3) is 0 Å². The molecule has 0 saturated carbocycles. The summed E-state index contributed by atoms with van der Waals surface area (Å²) >= 11 is 0. The topological polar surface area (TPSA) is 73.6 Å². The summed E-state index contributed by atoms with van der Waals surface area (Å²) in [5.74, 6) is 1.90. The van der Waals surface area contributed by atoms with E-state index in [1.54, 1.807) is 51.8 Å². The standard InChI is InChI=1S/C16H16N2O4/c1-19-13-7-11(8-14(20-2)15(13)21-3)10-22-16-12(9-17)5-4-6-18-16/h4-8H,10H2,1-3H3. The van der Waals surface area contributed by atoms with Crippen LogP contribution in [0, 0.1) is 11.3 Å². The first-order chi connectivity index (χ1) is 10.7. The maximum absolute atomic E-state index is 9.02. The van der Waals surface area contributed by atoms with Crippen LogP contribution in [0.1, 0.15) is 11.1 Å². The van der Waals surface area contributed by atoms with E-state index in [4.69, 9.17) is 24.2 Å². The lowest BCUT2D eigenvalue weighted by atomic mass is 10.2. The van der Waals surface area contributed by atoms with Crippen molar-refractivity contribution < 1.29 is 18.9 Å². The number of hydrogen-bond acceptors (Lipinski definition) is 6. The number of pyridine rings is 1. The molecule has 1 aromatic heterocycles. The Bertz CT molecular complexity index is 670. The summed E-state index contributed by atoms with van der Waals surface area (Å²) in [5.41, 5.74) is 1.19. The highest BCUT2D eigenvalue weighted by Crippen LogP contribution is 2.38. The van der Waals surface area contributed by atoms with Crippen LogP contribution in [0.3, 0.4) is 0 Å². The van der Waals surface area contributed by atoms with Gasteiger partial charge in [-0.2, -0.15) is 5.26 Å². The van der Waals surface area contributed by atoms with E-state index in [0.717, 1.165) is 5.56 Å². The normalized spacial score (nSPS) is 9.73. The van der Waals surface area contributed by atoms with E-state index in [9.17, 15) is 0 Å². The third-order valence-corrected chi connectivity index (χ3v) is 2.99. The molecule has 0 unspecified atom stereocenters. The van der Waals surface area contributed by atoms with Crippen LogP contribution in [-0.4, -0.2) is 26.3 Å². The fraction of sp³-hybridized carbons (Fsp3) is 0.250. The molecule has 1 heterocycles. The molecule has 2 aromatic rings. The van der Waals surface area contributed by atoms with E-state index in [1.165, 1.54) is 0 Å². The van der Waals surface area contributed by atoms with Crippen molar-refractivity contribution in [3.63, 3.8) is 0 Å². The molecule has 1 aromatic carbocycles. The number of benzene rings is 1. The number of methoxy groups -OCH3 is 3. The number of rotatable bonds is 6. The molecule has 0 saturated heterocycles. The second kappa shape index (κ2) is 7.18. The molecule has 6 heteroatoms. The van der Waals surface area contributed by atoms with Crippen LogP contribution in [0.5, 0.6) is 23.1 Å². The van der Waals surface area contributed by atoms with Crippen molar-refractivity contribution in [2.24, 2.45) is 0 Å². The predicted octanol–water partition coefficient (Wildman–Crippen LogP) is 2.56. The van der Waals surface area contributed by atoms with Gasteiger partial charge >= 0.3 is 0 Å². The van der Waals surface area contributed by atoms with Crippen molar-refractivity contribution in [1.82, 2.24) is 4.98 Å². The molecule has 0 aliphatic heterocycles. The largest absolute Gasteiger partial charge is 0.493 e. The third kappa shape index (κ3) is 3.20. The highest BCUT2D eigenvalue weighted by Gasteiger charge is 2.14. The lowest BCUT2D eigenvalue weighted by Gasteiger charge is -2.14. The monoisotopic (exact) mass is 300 g/mol. The van der Waals surface area contributed by atoms with E-state index >= 15 is 0 Å². The number of aromatic nitrogens is 1. The van der Waals surface area contributed by atoms with Gasteiger partial charge in [0.1, 0.15) is 18.2 Å². The van der Waals surface area contributed by atoms with E-state index in [0.29, 0.717) is 28.7 Å². The van der Waals surface area contributed by atoms with Crippen LogP contribution >= 0.6 is 0 Å². The zero-order valence-electron chi connectivity index (χ0n) is 12.6. The van der Waals surface area contributed by atoms with Gasteiger partial charge in [-0.15, -0.1) is 0 Å². The van der Waals surface area contributed by atoms with Gasteiger partial charge < -0.3 is 18.9 Å². The van der Waals surface area contributed by atoms with Crippen LogP contribution in [0.15, 0.2) is 30.5 Å². The minimum Gasteiger partial charge on any atom is -0.493 e. The summed E-state index contributed by atoms with van der Waals surface area (Å²) in [6.07, 6.45) is 1.57. The quantitative estimate of drug-likeness (QED) is 0.816. The molecule has 0 spiro atoms. The lowest BCUT2D eigenvalue weighted by molar-refractivity contribution is 0.288. The molecule has 0 amide bonds. The Morgan fingerprint density at radius 1 is 1.09 bits per heavy atom. The average molecular weight is 300 g/mol. The third-order valence-electron chi connectivity index (χ3n) is 2.99. The summed E-state index contributed by atoms with van der Waals surface area (Å²) in [6.45, 7) is 0.225. The molecule has 0 bridgehead atoms. The van der Waals surface area contributed by atoms with Gasteiger partial charge in [0, 0.05) is 6.20 Å². The van der Waals surface area contributed by atoms with Gasteiger partial charge in [-0.25, -0.2) is 4.98 Å². The number of hydrogen-bond donors (Lipinski definition) is 0. The molecule has 2 rings (SSSR count). The summed E-state index contributed by atoms with van der Waals surface area (Å²) in [7, 11) is 4.65. The minimum atomic E-state index is 0.225. The maximum Gasteiger partial charge on any atom is 0.231 e. The Labute approximate surface area is 128 Å². The van der Waals surface area contributed by atoms with Crippen LogP contribution in [0.25, 0.3) is 0 Å². The minimum absolute atomic E-state index is 0.225. The maximum atomic E-state index is 9.02. The molecule has 0 fully saturated rings. The van der Waals surface area contributed by atoms with Crippen molar-refractivity contribution in [3.8, 4) is 29.2 Å². The molecule has 0 atom stereocenters. The van der Waals surface area contributed by atoms with Gasteiger partial charge in [-0.1, -0.05) is 0 Å². The SMILES string of the molecule is COc1cc(COc2ncccc2C#N)cc(OC)c1OC. The zero-order valence-corrected chi connectivity index (χ0v) is 12.6. The zero-order chi connectivity index (χ0) is 15.9. The smallest absolute Gasteiger partial charge is 0.231 e.